The van der Waals surface area contributed by atoms with Crippen molar-refractivity contribution in [3.8, 4) is 11.1 Å². The van der Waals surface area contributed by atoms with Crippen LogP contribution in [0, 0.1) is 0 Å². The molecule has 2 aromatic carbocycles. The molecule has 0 saturated carbocycles. The van der Waals surface area contributed by atoms with Crippen LogP contribution in [-0.2, 0) is 16.1 Å². The van der Waals surface area contributed by atoms with Crippen molar-refractivity contribution in [3.05, 3.63) is 59.1 Å². The molecule has 0 radical (unpaired) electrons. The van der Waals surface area contributed by atoms with Crippen molar-refractivity contribution in [2.45, 2.75) is 44.9 Å². The second kappa shape index (κ2) is 10.8. The van der Waals surface area contributed by atoms with E-state index in [-0.39, 0.29) is 24.6 Å². The van der Waals surface area contributed by atoms with Gasteiger partial charge in [-0.05, 0) is 36.5 Å². The van der Waals surface area contributed by atoms with Crippen LogP contribution in [0.3, 0.4) is 0 Å². The Morgan fingerprint density at radius 2 is 1.75 bits per heavy atom. The van der Waals surface area contributed by atoms with Gasteiger partial charge < -0.3 is 9.84 Å². The van der Waals surface area contributed by atoms with Gasteiger partial charge in [-0.2, -0.15) is 0 Å². The van der Waals surface area contributed by atoms with Gasteiger partial charge in [0.25, 0.3) is 0 Å². The fourth-order valence-electron chi connectivity index (χ4n) is 3.74. The van der Waals surface area contributed by atoms with Crippen molar-refractivity contribution in [1.82, 2.24) is 4.90 Å². The average Bonchev–Trinajstić information content (AvgIpc) is 2.68. The van der Waals surface area contributed by atoms with Crippen LogP contribution < -0.4 is 0 Å². The number of nitrogens with zero attached hydrogens (tertiary/aromatic N) is 1. The summed E-state index contributed by atoms with van der Waals surface area (Å²) in [5, 5.41) is 10.1. The SMILES string of the molecule is CCC(C(=O)O)N1CCC(OCc2ccccc2-c2ccccc2Cl)CC1.Cl. The van der Waals surface area contributed by atoms with E-state index in [0.29, 0.717) is 13.0 Å². The maximum atomic E-state index is 11.3. The minimum absolute atomic E-state index is 0. The number of halogens is 2. The normalized spacial score (nSPS) is 16.4. The molecule has 2 aromatic rings. The lowest BCUT2D eigenvalue weighted by atomic mass is 10.00. The van der Waals surface area contributed by atoms with Crippen LogP contribution in [-0.4, -0.2) is 41.2 Å². The molecule has 0 spiro atoms. The van der Waals surface area contributed by atoms with Crippen molar-refractivity contribution >= 4 is 30.0 Å². The van der Waals surface area contributed by atoms with Gasteiger partial charge in [0.05, 0.1) is 12.7 Å². The molecule has 152 valence electrons. The largest absolute Gasteiger partial charge is 0.480 e. The number of carboxylic acids is 1. The second-order valence-corrected chi connectivity index (χ2v) is 7.35. The van der Waals surface area contributed by atoms with Crippen LogP contribution in [0.4, 0.5) is 0 Å². The molecule has 6 heteroatoms. The predicted molar refractivity (Wildman–Crippen MR) is 115 cm³/mol. The molecule has 0 amide bonds. The monoisotopic (exact) mass is 423 g/mol. The quantitative estimate of drug-likeness (QED) is 0.658. The number of carboxylic acid groups (broad SMARTS) is 1. The smallest absolute Gasteiger partial charge is 0.320 e. The lowest BCUT2D eigenvalue weighted by Crippen LogP contribution is -2.46. The zero-order valence-corrected chi connectivity index (χ0v) is 17.6. The fourth-order valence-corrected chi connectivity index (χ4v) is 3.98. The summed E-state index contributed by atoms with van der Waals surface area (Å²) in [4.78, 5) is 13.4. The molecular weight excluding hydrogens is 397 g/mol. The third-order valence-electron chi connectivity index (χ3n) is 5.25. The lowest BCUT2D eigenvalue weighted by molar-refractivity contribution is -0.144. The molecule has 1 atom stereocenters. The van der Waals surface area contributed by atoms with Gasteiger partial charge in [0.1, 0.15) is 6.04 Å². The summed E-state index contributed by atoms with van der Waals surface area (Å²) in [6, 6.07) is 15.6. The molecule has 1 unspecified atom stereocenters. The summed E-state index contributed by atoms with van der Waals surface area (Å²) in [7, 11) is 0. The van der Waals surface area contributed by atoms with Crippen LogP contribution >= 0.6 is 24.0 Å². The van der Waals surface area contributed by atoms with Crippen molar-refractivity contribution < 1.29 is 14.6 Å². The zero-order valence-electron chi connectivity index (χ0n) is 16.0. The van der Waals surface area contributed by atoms with Crippen LogP contribution in [0.5, 0.6) is 0 Å². The van der Waals surface area contributed by atoms with Crippen molar-refractivity contribution in [3.63, 3.8) is 0 Å². The van der Waals surface area contributed by atoms with Gasteiger partial charge in [0, 0.05) is 23.7 Å². The zero-order chi connectivity index (χ0) is 19.2. The molecule has 1 aliphatic heterocycles. The van der Waals surface area contributed by atoms with Crippen molar-refractivity contribution in [2.24, 2.45) is 0 Å². The van der Waals surface area contributed by atoms with E-state index in [9.17, 15) is 9.90 Å². The van der Waals surface area contributed by atoms with Gasteiger partial charge >= 0.3 is 5.97 Å². The first-order valence-corrected chi connectivity index (χ1v) is 9.89. The Balaban J connectivity index is 0.00000280. The van der Waals surface area contributed by atoms with Crippen molar-refractivity contribution in [1.29, 1.82) is 0 Å². The van der Waals surface area contributed by atoms with Crippen LogP contribution in [0.1, 0.15) is 31.7 Å². The number of likely N-dealkylation sites (tertiary alicyclic amines) is 1. The molecule has 28 heavy (non-hydrogen) atoms. The van der Waals surface area contributed by atoms with E-state index in [2.05, 4.69) is 17.0 Å². The highest BCUT2D eigenvalue weighted by molar-refractivity contribution is 6.33. The lowest BCUT2D eigenvalue weighted by Gasteiger charge is -2.35. The Bertz CT molecular complexity index is 776. The highest BCUT2D eigenvalue weighted by Crippen LogP contribution is 2.31. The number of aliphatic carboxylic acids is 1. The molecule has 0 bridgehead atoms. The molecule has 1 heterocycles. The Morgan fingerprint density at radius 1 is 1.14 bits per heavy atom. The van der Waals surface area contributed by atoms with E-state index in [1.165, 1.54) is 0 Å². The summed E-state index contributed by atoms with van der Waals surface area (Å²) in [6.07, 6.45) is 2.51. The number of ether oxygens (including phenoxy) is 1. The van der Waals surface area contributed by atoms with E-state index in [1.54, 1.807) is 0 Å². The third-order valence-corrected chi connectivity index (χ3v) is 5.57. The molecule has 4 nitrogen and oxygen atoms in total. The van der Waals surface area contributed by atoms with Gasteiger partial charge in [0.2, 0.25) is 0 Å². The second-order valence-electron chi connectivity index (χ2n) is 6.95. The topological polar surface area (TPSA) is 49.8 Å². The molecule has 1 aliphatic rings. The molecule has 3 rings (SSSR count). The van der Waals surface area contributed by atoms with Crippen LogP contribution in [0.15, 0.2) is 48.5 Å². The minimum Gasteiger partial charge on any atom is -0.480 e. The maximum absolute atomic E-state index is 11.3. The van der Waals surface area contributed by atoms with Gasteiger partial charge in [0.15, 0.2) is 0 Å². The fraction of sp³-hybridized carbons (Fsp3) is 0.409. The molecule has 0 aromatic heterocycles. The Kier molecular flexibility index (Phi) is 8.77. The van der Waals surface area contributed by atoms with Crippen molar-refractivity contribution in [2.75, 3.05) is 13.1 Å². The Labute approximate surface area is 177 Å². The van der Waals surface area contributed by atoms with Crippen LogP contribution in [0.2, 0.25) is 5.02 Å². The molecular formula is C22H27Cl2NO3. The highest BCUT2D eigenvalue weighted by atomic mass is 35.5. The summed E-state index contributed by atoms with van der Waals surface area (Å²) in [5.74, 6) is -0.731. The summed E-state index contributed by atoms with van der Waals surface area (Å²) in [6.45, 7) is 3.98. The highest BCUT2D eigenvalue weighted by Gasteiger charge is 2.28. The first kappa shape index (κ1) is 22.7. The van der Waals surface area contributed by atoms with Crippen LogP contribution in [0.25, 0.3) is 11.1 Å². The van der Waals surface area contributed by atoms with E-state index in [4.69, 9.17) is 16.3 Å². The third kappa shape index (κ3) is 5.48. The number of rotatable bonds is 7. The molecule has 1 saturated heterocycles. The number of benzene rings is 2. The Morgan fingerprint density at radius 3 is 2.36 bits per heavy atom. The number of hydrogen-bond donors (Lipinski definition) is 1. The van der Waals surface area contributed by atoms with E-state index < -0.39 is 5.97 Å². The minimum atomic E-state index is -0.731. The average molecular weight is 424 g/mol. The molecule has 0 aliphatic carbocycles. The van der Waals surface area contributed by atoms with Gasteiger partial charge in [-0.3, -0.25) is 9.69 Å². The van der Waals surface area contributed by atoms with E-state index >= 15 is 0 Å². The van der Waals surface area contributed by atoms with E-state index in [0.717, 1.165) is 47.6 Å². The van der Waals surface area contributed by atoms with Gasteiger partial charge in [-0.1, -0.05) is 61.0 Å². The first-order valence-electron chi connectivity index (χ1n) is 9.51. The standard InChI is InChI=1S/C22H26ClNO3.ClH/c1-2-21(22(25)26)24-13-11-17(12-14-24)27-15-16-7-3-4-8-18(16)19-9-5-6-10-20(19)23;/h3-10,17,21H,2,11-15H2,1H3,(H,25,26);1H. The Hall–Kier alpha value is -1.59. The van der Waals surface area contributed by atoms with E-state index in [1.807, 2.05) is 43.3 Å². The summed E-state index contributed by atoms with van der Waals surface area (Å²) >= 11 is 6.37. The number of hydrogen-bond acceptors (Lipinski definition) is 3. The first-order chi connectivity index (χ1) is 13.1. The molecule has 1 fully saturated rings. The summed E-state index contributed by atoms with van der Waals surface area (Å²) < 4.78 is 6.18. The number of piperidine rings is 1. The molecule has 1 N–H and O–H groups in total. The summed E-state index contributed by atoms with van der Waals surface area (Å²) in [5.41, 5.74) is 3.22. The predicted octanol–water partition coefficient (Wildman–Crippen LogP) is 5.27. The number of carbonyl (C=O) groups is 1. The van der Waals surface area contributed by atoms with Gasteiger partial charge in [-0.15, -0.1) is 12.4 Å². The maximum Gasteiger partial charge on any atom is 0.320 e. The van der Waals surface area contributed by atoms with Gasteiger partial charge in [-0.25, -0.2) is 0 Å².